The van der Waals surface area contributed by atoms with Crippen LogP contribution in [0.15, 0.2) is 54.6 Å². The minimum Gasteiger partial charge on any atom is -0.497 e. The number of hydrogen-bond donors (Lipinski definition) is 1. The Kier molecular flexibility index (Phi) is 7.45. The summed E-state index contributed by atoms with van der Waals surface area (Å²) in [7, 11) is 1.69. The molecule has 6 heteroatoms. The number of carbonyl (C=O) groups is 1. The number of nitrogens with zero attached hydrogens (tertiary/aromatic N) is 2. The normalized spacial score (nSPS) is 18.2. The van der Waals surface area contributed by atoms with Crippen molar-refractivity contribution in [2.75, 3.05) is 20.3 Å². The van der Waals surface area contributed by atoms with Crippen molar-refractivity contribution in [2.24, 2.45) is 11.8 Å². The van der Waals surface area contributed by atoms with Crippen LogP contribution in [0.1, 0.15) is 31.4 Å². The maximum atomic E-state index is 10.7. The molecule has 1 fully saturated rings. The molecular weight excluding hydrogens is 416 g/mol. The summed E-state index contributed by atoms with van der Waals surface area (Å²) in [5, 5.41) is 13.8. The lowest BCUT2D eigenvalue weighted by atomic mass is 9.82. The monoisotopic (exact) mass is 448 g/mol. The first-order valence-electron chi connectivity index (χ1n) is 11.6. The largest absolute Gasteiger partial charge is 0.497 e. The zero-order valence-electron chi connectivity index (χ0n) is 19.4. The van der Waals surface area contributed by atoms with Crippen molar-refractivity contribution in [3.05, 3.63) is 60.3 Å². The van der Waals surface area contributed by atoms with Gasteiger partial charge >= 0.3 is 5.97 Å². The maximum absolute atomic E-state index is 10.7. The molecule has 0 saturated heterocycles. The van der Waals surface area contributed by atoms with Crippen LogP contribution in [-0.4, -0.2) is 41.2 Å². The van der Waals surface area contributed by atoms with Crippen LogP contribution in [0, 0.1) is 18.8 Å². The zero-order valence-corrected chi connectivity index (χ0v) is 19.4. The molecule has 1 heterocycles. The Morgan fingerprint density at radius 2 is 1.73 bits per heavy atom. The van der Waals surface area contributed by atoms with Crippen molar-refractivity contribution < 1.29 is 19.4 Å². The van der Waals surface area contributed by atoms with E-state index in [2.05, 4.69) is 48.0 Å². The van der Waals surface area contributed by atoms with Crippen molar-refractivity contribution in [2.45, 2.75) is 39.2 Å². The van der Waals surface area contributed by atoms with Gasteiger partial charge in [-0.25, -0.2) is 4.79 Å². The summed E-state index contributed by atoms with van der Waals surface area (Å²) in [6.45, 7) is 3.28. The highest BCUT2D eigenvalue weighted by molar-refractivity contribution is 5.83. The summed E-state index contributed by atoms with van der Waals surface area (Å²) in [5.74, 6) is 0.918. The number of carboxylic acid groups (broad SMARTS) is 1. The second kappa shape index (κ2) is 10.7. The predicted octanol–water partition coefficient (Wildman–Crippen LogP) is 5.44. The molecule has 1 aliphatic carbocycles. The van der Waals surface area contributed by atoms with Crippen LogP contribution >= 0.6 is 0 Å². The van der Waals surface area contributed by atoms with Crippen LogP contribution in [0.25, 0.3) is 22.4 Å². The highest BCUT2D eigenvalue weighted by Crippen LogP contribution is 2.38. The quantitative estimate of drug-likeness (QED) is 0.472. The number of hydrogen-bond acceptors (Lipinski definition) is 4. The van der Waals surface area contributed by atoms with Gasteiger partial charge in [-0.15, -0.1) is 0 Å². The van der Waals surface area contributed by atoms with Crippen molar-refractivity contribution in [1.82, 2.24) is 9.78 Å². The molecule has 0 amide bonds. The Hall–Kier alpha value is -3.12. The lowest BCUT2D eigenvalue weighted by molar-refractivity contribution is -0.142. The summed E-state index contributed by atoms with van der Waals surface area (Å²) in [6.07, 6.45) is 4.33. The van der Waals surface area contributed by atoms with Gasteiger partial charge in [-0.05, 0) is 62.1 Å². The van der Waals surface area contributed by atoms with Crippen LogP contribution in [-0.2, 0) is 16.1 Å². The van der Waals surface area contributed by atoms with Gasteiger partial charge in [0.15, 0.2) is 0 Å². The summed E-state index contributed by atoms with van der Waals surface area (Å²) in [4.78, 5) is 10.7. The second-order valence-electron chi connectivity index (χ2n) is 8.88. The fraction of sp³-hybridized carbons (Fsp3) is 0.407. The molecule has 0 bridgehead atoms. The second-order valence-corrected chi connectivity index (χ2v) is 8.88. The molecule has 1 aromatic heterocycles. The molecule has 2 aromatic carbocycles. The number of carboxylic acids is 1. The van der Waals surface area contributed by atoms with E-state index in [4.69, 9.17) is 19.7 Å². The lowest BCUT2D eigenvalue weighted by Crippen LogP contribution is -2.23. The third kappa shape index (κ3) is 5.63. The molecule has 1 saturated carbocycles. The van der Waals surface area contributed by atoms with Gasteiger partial charge in [-0.3, -0.25) is 4.68 Å². The van der Waals surface area contributed by atoms with Gasteiger partial charge in [0.05, 0.1) is 25.1 Å². The molecular formula is C27H32N2O4. The van der Waals surface area contributed by atoms with Gasteiger partial charge in [0.2, 0.25) is 0 Å². The zero-order chi connectivity index (χ0) is 23.2. The molecule has 174 valence electrons. The van der Waals surface area contributed by atoms with E-state index in [9.17, 15) is 4.79 Å². The number of aryl methyl sites for hydroxylation is 1. The first kappa shape index (κ1) is 23.1. The minimum absolute atomic E-state index is 0.208. The fourth-order valence-electron chi connectivity index (χ4n) is 4.87. The molecule has 0 spiro atoms. The molecule has 6 nitrogen and oxygen atoms in total. The van der Waals surface area contributed by atoms with Gasteiger partial charge in [0.1, 0.15) is 12.4 Å². The third-order valence-corrected chi connectivity index (χ3v) is 6.51. The van der Waals surface area contributed by atoms with Gasteiger partial charge in [0, 0.05) is 17.7 Å². The van der Waals surface area contributed by atoms with E-state index in [1.54, 1.807) is 7.11 Å². The van der Waals surface area contributed by atoms with Crippen LogP contribution in [0.3, 0.4) is 0 Å². The third-order valence-electron chi connectivity index (χ3n) is 6.51. The Morgan fingerprint density at radius 3 is 2.42 bits per heavy atom. The van der Waals surface area contributed by atoms with Gasteiger partial charge < -0.3 is 14.6 Å². The predicted molar refractivity (Wildman–Crippen MR) is 128 cm³/mol. The molecule has 1 N–H and O–H groups in total. The van der Waals surface area contributed by atoms with Gasteiger partial charge in [-0.2, -0.15) is 5.10 Å². The van der Waals surface area contributed by atoms with Gasteiger partial charge in [0.25, 0.3) is 0 Å². The molecule has 0 atom stereocenters. The average Bonchev–Trinajstić information content (AvgIpc) is 3.16. The standard InChI is InChI=1S/C27H32N2O4/c1-19-26(23-9-6-10-24(15-23)32-2)27(22-7-4-3-5-8-22)29(28-19)16-20-11-13-21(14-12-20)17-33-18-25(30)31/h3-10,15,20-21H,11-14,16-18H2,1-2H3,(H,30,31)/t20-,21+. The van der Waals surface area contributed by atoms with E-state index in [0.29, 0.717) is 18.4 Å². The van der Waals surface area contributed by atoms with E-state index in [-0.39, 0.29) is 6.61 Å². The van der Waals surface area contributed by atoms with Crippen LogP contribution in [0.2, 0.25) is 0 Å². The Bertz CT molecular complexity index is 1070. The van der Waals surface area contributed by atoms with Crippen LogP contribution in [0.5, 0.6) is 5.75 Å². The lowest BCUT2D eigenvalue weighted by Gasteiger charge is -2.28. The summed E-state index contributed by atoms with van der Waals surface area (Å²) >= 11 is 0. The fourth-order valence-corrected chi connectivity index (χ4v) is 4.87. The number of methoxy groups -OCH3 is 1. The minimum atomic E-state index is -0.905. The number of aromatic nitrogens is 2. The topological polar surface area (TPSA) is 73.6 Å². The van der Waals surface area contributed by atoms with E-state index in [0.717, 1.165) is 66.1 Å². The molecule has 1 aliphatic rings. The van der Waals surface area contributed by atoms with Crippen LogP contribution in [0.4, 0.5) is 0 Å². The first-order chi connectivity index (χ1) is 16.0. The SMILES string of the molecule is COc1cccc(-c2c(C)nn(C[C@H]3CC[C@@H](COCC(=O)O)CC3)c2-c2ccccc2)c1. The molecule has 3 aromatic rings. The highest BCUT2D eigenvalue weighted by Gasteiger charge is 2.25. The Balaban J connectivity index is 1.56. The van der Waals surface area contributed by atoms with E-state index in [1.165, 1.54) is 0 Å². The Labute approximate surface area is 195 Å². The van der Waals surface area contributed by atoms with Crippen molar-refractivity contribution in [3.63, 3.8) is 0 Å². The van der Waals surface area contributed by atoms with E-state index >= 15 is 0 Å². The summed E-state index contributed by atoms with van der Waals surface area (Å²) in [5.41, 5.74) is 5.57. The molecule has 0 aliphatic heterocycles. The maximum Gasteiger partial charge on any atom is 0.329 e. The average molecular weight is 449 g/mol. The van der Waals surface area contributed by atoms with Crippen molar-refractivity contribution >= 4 is 5.97 Å². The molecule has 4 rings (SSSR count). The smallest absolute Gasteiger partial charge is 0.329 e. The molecule has 0 unspecified atom stereocenters. The van der Waals surface area contributed by atoms with Gasteiger partial charge in [-0.1, -0.05) is 42.5 Å². The first-order valence-corrected chi connectivity index (χ1v) is 11.6. The molecule has 0 radical (unpaired) electrons. The highest BCUT2D eigenvalue weighted by atomic mass is 16.5. The Morgan fingerprint density at radius 1 is 1.03 bits per heavy atom. The summed E-state index contributed by atoms with van der Waals surface area (Å²) in [6, 6.07) is 18.6. The molecule has 33 heavy (non-hydrogen) atoms. The van der Waals surface area contributed by atoms with Crippen LogP contribution < -0.4 is 4.74 Å². The number of ether oxygens (including phenoxy) is 2. The number of benzene rings is 2. The van der Waals surface area contributed by atoms with E-state index < -0.39 is 5.97 Å². The van der Waals surface area contributed by atoms with Crippen molar-refractivity contribution in [1.29, 1.82) is 0 Å². The number of rotatable bonds is 9. The van der Waals surface area contributed by atoms with Crippen molar-refractivity contribution in [3.8, 4) is 28.1 Å². The van der Waals surface area contributed by atoms with E-state index in [1.807, 2.05) is 18.2 Å². The number of aliphatic carboxylic acids is 1. The summed E-state index contributed by atoms with van der Waals surface area (Å²) < 4.78 is 13.0.